The smallest absolute Gasteiger partial charge is 0.255 e. The van der Waals surface area contributed by atoms with Crippen LogP contribution in [0, 0.1) is 0 Å². The third-order valence-corrected chi connectivity index (χ3v) is 2.76. The van der Waals surface area contributed by atoms with Gasteiger partial charge in [0, 0.05) is 29.9 Å². The summed E-state index contributed by atoms with van der Waals surface area (Å²) < 4.78 is 0. The molecule has 0 saturated carbocycles. The van der Waals surface area contributed by atoms with Crippen LogP contribution in [0.5, 0.6) is 0 Å². The van der Waals surface area contributed by atoms with Crippen molar-refractivity contribution in [3.63, 3.8) is 0 Å². The summed E-state index contributed by atoms with van der Waals surface area (Å²) >= 11 is 0. The number of oxime groups is 1. The lowest BCUT2D eigenvalue weighted by atomic mass is 10.1. The van der Waals surface area contributed by atoms with Crippen molar-refractivity contribution in [1.29, 1.82) is 0 Å². The first-order valence-electron chi connectivity index (χ1n) is 6.14. The minimum atomic E-state index is -0.370. The molecular formula is C14H14N4O3. The summed E-state index contributed by atoms with van der Waals surface area (Å²) in [4.78, 5) is 25.5. The lowest BCUT2D eigenvalue weighted by Crippen LogP contribution is -2.16. The first kappa shape index (κ1) is 14.3. The van der Waals surface area contributed by atoms with Crippen molar-refractivity contribution >= 4 is 17.4 Å². The minimum absolute atomic E-state index is 0.107. The van der Waals surface area contributed by atoms with Gasteiger partial charge in [-0.15, -0.1) is 0 Å². The lowest BCUT2D eigenvalue weighted by Gasteiger charge is -2.06. The number of hydrogen-bond donors (Lipinski definition) is 4. The zero-order chi connectivity index (χ0) is 15.2. The number of H-pyrrole nitrogens is 1. The molecule has 0 fully saturated rings. The van der Waals surface area contributed by atoms with Gasteiger partial charge in [0.2, 0.25) is 5.56 Å². The van der Waals surface area contributed by atoms with Crippen LogP contribution in [0.1, 0.15) is 15.9 Å². The highest BCUT2D eigenvalue weighted by Crippen LogP contribution is 2.11. The molecule has 0 saturated heterocycles. The van der Waals surface area contributed by atoms with E-state index in [1.54, 1.807) is 24.3 Å². The normalized spacial score (nSPS) is 11.1. The molecule has 7 heteroatoms. The maximum atomic E-state index is 11.9. The van der Waals surface area contributed by atoms with E-state index in [-0.39, 0.29) is 22.9 Å². The number of pyridine rings is 1. The van der Waals surface area contributed by atoms with Gasteiger partial charge in [0.1, 0.15) is 5.84 Å². The number of nitrogens with one attached hydrogen (secondary N) is 2. The van der Waals surface area contributed by atoms with Crippen LogP contribution in [0.25, 0.3) is 0 Å². The van der Waals surface area contributed by atoms with Gasteiger partial charge in [0.05, 0.1) is 0 Å². The van der Waals surface area contributed by atoms with Gasteiger partial charge in [-0.1, -0.05) is 17.3 Å². The number of amidine groups is 1. The molecule has 21 heavy (non-hydrogen) atoms. The summed E-state index contributed by atoms with van der Waals surface area (Å²) in [6.07, 6.45) is 1.73. The number of aromatic nitrogens is 1. The van der Waals surface area contributed by atoms with Crippen molar-refractivity contribution in [1.82, 2.24) is 4.98 Å². The fourth-order valence-corrected chi connectivity index (χ4v) is 1.74. The second-order valence-corrected chi connectivity index (χ2v) is 4.36. The standard InChI is InChI=1S/C14H14N4O3/c15-12(18-21)7-9-1-3-11(4-2-9)17-14(20)10-5-6-16-13(19)8-10/h1-6,8,21H,7H2,(H2,15,18)(H,16,19)(H,17,20). The summed E-state index contributed by atoms with van der Waals surface area (Å²) in [5.41, 5.74) is 6.79. The van der Waals surface area contributed by atoms with E-state index in [1.165, 1.54) is 18.3 Å². The van der Waals surface area contributed by atoms with Crippen molar-refractivity contribution in [3.05, 3.63) is 64.1 Å². The first-order valence-corrected chi connectivity index (χ1v) is 6.14. The Morgan fingerprint density at radius 1 is 1.29 bits per heavy atom. The Hall–Kier alpha value is -3.09. The van der Waals surface area contributed by atoms with Gasteiger partial charge in [0.15, 0.2) is 0 Å². The number of hydrogen-bond acceptors (Lipinski definition) is 4. The summed E-state index contributed by atoms with van der Waals surface area (Å²) in [5, 5.41) is 14.1. The van der Waals surface area contributed by atoms with Crippen LogP contribution in [0.15, 0.2) is 52.5 Å². The van der Waals surface area contributed by atoms with E-state index in [1.807, 2.05) is 0 Å². The topological polar surface area (TPSA) is 121 Å². The molecule has 2 rings (SSSR count). The van der Waals surface area contributed by atoms with E-state index in [0.717, 1.165) is 5.56 Å². The molecule has 7 nitrogen and oxygen atoms in total. The number of benzene rings is 1. The number of aromatic amines is 1. The largest absolute Gasteiger partial charge is 0.409 e. The van der Waals surface area contributed by atoms with Gasteiger partial charge in [-0.2, -0.15) is 0 Å². The van der Waals surface area contributed by atoms with Crippen LogP contribution in [-0.4, -0.2) is 21.9 Å². The van der Waals surface area contributed by atoms with E-state index >= 15 is 0 Å². The zero-order valence-electron chi connectivity index (χ0n) is 11.0. The average Bonchev–Trinajstić information content (AvgIpc) is 2.49. The minimum Gasteiger partial charge on any atom is -0.409 e. The second-order valence-electron chi connectivity index (χ2n) is 4.36. The van der Waals surface area contributed by atoms with Crippen LogP contribution in [0.3, 0.4) is 0 Å². The van der Waals surface area contributed by atoms with Crippen LogP contribution < -0.4 is 16.6 Å². The first-order chi connectivity index (χ1) is 10.1. The maximum absolute atomic E-state index is 11.9. The van der Waals surface area contributed by atoms with Crippen molar-refractivity contribution in [2.24, 2.45) is 10.9 Å². The molecule has 1 heterocycles. The number of carbonyl (C=O) groups is 1. The SMILES string of the molecule is N/C(Cc1ccc(NC(=O)c2cc[nH]c(=O)c2)cc1)=N/O. The summed E-state index contributed by atoms with van der Waals surface area (Å²) in [7, 11) is 0. The molecule has 0 aliphatic rings. The lowest BCUT2D eigenvalue weighted by molar-refractivity contribution is 0.102. The molecule has 0 aliphatic carbocycles. The van der Waals surface area contributed by atoms with E-state index in [9.17, 15) is 9.59 Å². The molecule has 1 amide bonds. The van der Waals surface area contributed by atoms with Crippen molar-refractivity contribution in [2.75, 3.05) is 5.32 Å². The van der Waals surface area contributed by atoms with Crippen molar-refractivity contribution < 1.29 is 10.0 Å². The third-order valence-electron chi connectivity index (χ3n) is 2.76. The maximum Gasteiger partial charge on any atom is 0.255 e. The van der Waals surface area contributed by atoms with Crippen LogP contribution >= 0.6 is 0 Å². The van der Waals surface area contributed by atoms with Gasteiger partial charge in [-0.25, -0.2) is 0 Å². The Morgan fingerprint density at radius 3 is 2.62 bits per heavy atom. The molecule has 108 valence electrons. The molecule has 5 N–H and O–H groups in total. The quantitative estimate of drug-likeness (QED) is 0.289. The molecule has 0 spiro atoms. The molecule has 0 radical (unpaired) electrons. The molecular weight excluding hydrogens is 272 g/mol. The fraction of sp³-hybridized carbons (Fsp3) is 0.0714. The molecule has 1 aromatic carbocycles. The molecule has 0 unspecified atom stereocenters. The molecule has 0 atom stereocenters. The number of nitrogens with two attached hydrogens (primary N) is 1. The highest BCUT2D eigenvalue weighted by Gasteiger charge is 2.06. The number of carbonyl (C=O) groups excluding carboxylic acids is 1. The molecule has 1 aromatic heterocycles. The van der Waals surface area contributed by atoms with Crippen molar-refractivity contribution in [3.8, 4) is 0 Å². The van der Waals surface area contributed by atoms with Crippen LogP contribution in [0.4, 0.5) is 5.69 Å². The predicted molar refractivity (Wildman–Crippen MR) is 78.6 cm³/mol. The third kappa shape index (κ3) is 3.93. The van der Waals surface area contributed by atoms with E-state index in [2.05, 4.69) is 15.5 Å². The van der Waals surface area contributed by atoms with E-state index in [0.29, 0.717) is 12.1 Å². The molecule has 2 aromatic rings. The monoisotopic (exact) mass is 286 g/mol. The summed E-state index contributed by atoms with van der Waals surface area (Å²) in [5.74, 6) is -0.263. The second kappa shape index (κ2) is 6.38. The Labute approximate surface area is 120 Å². The van der Waals surface area contributed by atoms with Gasteiger partial charge < -0.3 is 21.2 Å². The molecule has 0 bridgehead atoms. The Balaban J connectivity index is 2.06. The van der Waals surface area contributed by atoms with Gasteiger partial charge in [0.25, 0.3) is 5.91 Å². The predicted octanol–water partition coefficient (Wildman–Crippen LogP) is 0.916. The van der Waals surface area contributed by atoms with Crippen LogP contribution in [0.2, 0.25) is 0 Å². The Bertz CT molecular complexity index is 719. The van der Waals surface area contributed by atoms with E-state index in [4.69, 9.17) is 10.9 Å². The zero-order valence-corrected chi connectivity index (χ0v) is 11.0. The molecule has 0 aliphatic heterocycles. The van der Waals surface area contributed by atoms with Gasteiger partial charge in [-0.3, -0.25) is 9.59 Å². The van der Waals surface area contributed by atoms with E-state index < -0.39 is 0 Å². The van der Waals surface area contributed by atoms with Crippen molar-refractivity contribution in [2.45, 2.75) is 6.42 Å². The Kier molecular flexibility index (Phi) is 4.35. The summed E-state index contributed by atoms with van der Waals surface area (Å²) in [6.45, 7) is 0. The van der Waals surface area contributed by atoms with Gasteiger partial charge in [-0.05, 0) is 23.8 Å². The summed E-state index contributed by atoms with van der Waals surface area (Å²) in [6, 6.07) is 9.65. The number of nitrogens with zero attached hydrogens (tertiary/aromatic N) is 1. The van der Waals surface area contributed by atoms with Crippen LogP contribution in [-0.2, 0) is 6.42 Å². The average molecular weight is 286 g/mol. The van der Waals surface area contributed by atoms with Gasteiger partial charge >= 0.3 is 0 Å². The Morgan fingerprint density at radius 2 is 2.00 bits per heavy atom. The number of rotatable bonds is 4. The number of anilines is 1. The number of amides is 1. The highest BCUT2D eigenvalue weighted by molar-refractivity contribution is 6.04. The highest BCUT2D eigenvalue weighted by atomic mass is 16.4. The fourth-order valence-electron chi connectivity index (χ4n) is 1.74.